The van der Waals surface area contributed by atoms with Crippen molar-refractivity contribution in [1.29, 1.82) is 0 Å². The van der Waals surface area contributed by atoms with Gasteiger partial charge < -0.3 is 19.9 Å². The smallest absolute Gasteiger partial charge is 0.408 e. The highest BCUT2D eigenvalue weighted by atomic mass is 16.6. The molecule has 0 rings (SSSR count). The number of aliphatic hydroxyl groups is 1. The van der Waals surface area contributed by atoms with E-state index in [4.69, 9.17) is 9.47 Å². The second kappa shape index (κ2) is 7.33. The lowest BCUT2D eigenvalue weighted by Crippen LogP contribution is -2.50. The highest BCUT2D eigenvalue weighted by molar-refractivity contribution is 5.82. The molecule has 6 heteroatoms. The van der Waals surface area contributed by atoms with E-state index in [1.54, 1.807) is 27.7 Å². The molecule has 0 aromatic rings. The van der Waals surface area contributed by atoms with Gasteiger partial charge in [-0.2, -0.15) is 0 Å². The van der Waals surface area contributed by atoms with Crippen LogP contribution in [0.3, 0.4) is 0 Å². The fourth-order valence-corrected chi connectivity index (χ4v) is 1.17. The molecule has 0 aliphatic carbocycles. The fourth-order valence-electron chi connectivity index (χ4n) is 1.17. The molecule has 0 saturated heterocycles. The van der Waals surface area contributed by atoms with Crippen molar-refractivity contribution in [2.75, 3.05) is 0 Å². The van der Waals surface area contributed by atoms with Crippen LogP contribution in [-0.2, 0) is 14.3 Å². The number of carbonyl (C=O) groups is 2. The van der Waals surface area contributed by atoms with E-state index in [0.29, 0.717) is 6.42 Å². The van der Waals surface area contributed by atoms with E-state index in [0.717, 1.165) is 0 Å². The Hall–Kier alpha value is -1.30. The molecule has 0 aliphatic rings. The molecular weight excluding hydrogens is 250 g/mol. The van der Waals surface area contributed by atoms with Gasteiger partial charge in [0.1, 0.15) is 5.60 Å². The minimum absolute atomic E-state index is 0.269. The average Bonchev–Trinajstić information content (AvgIpc) is 2.22. The third-order valence-electron chi connectivity index (χ3n) is 2.30. The maximum atomic E-state index is 11.8. The van der Waals surface area contributed by atoms with E-state index < -0.39 is 29.8 Å². The van der Waals surface area contributed by atoms with Gasteiger partial charge in [0.15, 0.2) is 6.04 Å². The van der Waals surface area contributed by atoms with E-state index in [1.807, 2.05) is 6.92 Å². The molecule has 0 bridgehead atoms. The van der Waals surface area contributed by atoms with Crippen molar-refractivity contribution in [3.63, 3.8) is 0 Å². The van der Waals surface area contributed by atoms with E-state index in [-0.39, 0.29) is 6.10 Å². The highest BCUT2D eigenvalue weighted by Gasteiger charge is 2.30. The molecule has 112 valence electrons. The van der Waals surface area contributed by atoms with Crippen molar-refractivity contribution >= 4 is 12.1 Å². The number of hydrogen-bond donors (Lipinski definition) is 2. The maximum Gasteiger partial charge on any atom is 0.408 e. The zero-order chi connectivity index (χ0) is 15.2. The second-order valence-electron chi connectivity index (χ2n) is 5.52. The summed E-state index contributed by atoms with van der Waals surface area (Å²) in [5.41, 5.74) is -0.673. The first kappa shape index (κ1) is 17.7. The largest absolute Gasteiger partial charge is 0.461 e. The Kier molecular flexibility index (Phi) is 6.83. The van der Waals surface area contributed by atoms with Gasteiger partial charge in [0, 0.05) is 0 Å². The van der Waals surface area contributed by atoms with Crippen molar-refractivity contribution in [3.8, 4) is 0 Å². The van der Waals surface area contributed by atoms with Gasteiger partial charge in [-0.15, -0.1) is 0 Å². The van der Waals surface area contributed by atoms with Crippen LogP contribution in [0.4, 0.5) is 4.79 Å². The molecule has 6 nitrogen and oxygen atoms in total. The first-order valence-corrected chi connectivity index (χ1v) is 6.45. The van der Waals surface area contributed by atoms with Crippen LogP contribution >= 0.6 is 0 Å². The lowest BCUT2D eigenvalue weighted by Gasteiger charge is -2.25. The number of hydrogen-bond acceptors (Lipinski definition) is 5. The summed E-state index contributed by atoms with van der Waals surface area (Å²) in [6.45, 7) is 10.1. The summed E-state index contributed by atoms with van der Waals surface area (Å²) in [6.07, 6.45) is -1.44. The molecule has 0 spiro atoms. The van der Waals surface area contributed by atoms with Gasteiger partial charge in [0.2, 0.25) is 0 Å². The van der Waals surface area contributed by atoms with E-state index >= 15 is 0 Å². The van der Waals surface area contributed by atoms with Gasteiger partial charge in [0.25, 0.3) is 0 Å². The molecule has 0 aromatic carbocycles. The molecule has 19 heavy (non-hydrogen) atoms. The average molecular weight is 275 g/mol. The van der Waals surface area contributed by atoms with Gasteiger partial charge in [-0.25, -0.2) is 9.59 Å². The second-order valence-corrected chi connectivity index (χ2v) is 5.52. The van der Waals surface area contributed by atoms with Crippen molar-refractivity contribution < 1.29 is 24.2 Å². The normalized spacial score (nSPS) is 16.2. The lowest BCUT2D eigenvalue weighted by molar-refractivity contribution is -0.153. The number of nitrogens with one attached hydrogen (secondary N) is 1. The quantitative estimate of drug-likeness (QED) is 0.744. The third-order valence-corrected chi connectivity index (χ3v) is 2.30. The number of carbonyl (C=O) groups excluding carboxylic acids is 2. The number of amides is 1. The van der Waals surface area contributed by atoms with Gasteiger partial charge in [-0.1, -0.05) is 6.92 Å². The summed E-state index contributed by atoms with van der Waals surface area (Å²) in [5.74, 6) is -0.671. The van der Waals surface area contributed by atoms with Gasteiger partial charge in [-0.05, 0) is 41.0 Å². The predicted octanol–water partition coefficient (Wildman–Crippen LogP) is 1.60. The zero-order valence-corrected chi connectivity index (χ0v) is 12.5. The molecule has 0 fully saturated rings. The summed E-state index contributed by atoms with van der Waals surface area (Å²) in [6, 6.07) is -1.14. The van der Waals surface area contributed by atoms with Crippen LogP contribution < -0.4 is 5.32 Å². The summed E-state index contributed by atoms with van der Waals surface area (Å²) < 4.78 is 10.1. The van der Waals surface area contributed by atoms with Crippen LogP contribution in [0.1, 0.15) is 48.0 Å². The van der Waals surface area contributed by atoms with Crippen LogP contribution in [0.5, 0.6) is 0 Å². The Balaban J connectivity index is 4.58. The molecule has 0 radical (unpaired) electrons. The van der Waals surface area contributed by atoms with Gasteiger partial charge in [-0.3, -0.25) is 0 Å². The van der Waals surface area contributed by atoms with Crippen LogP contribution in [0.2, 0.25) is 0 Å². The lowest BCUT2D eigenvalue weighted by atomic mass is 10.2. The van der Waals surface area contributed by atoms with Crippen LogP contribution in [0.25, 0.3) is 0 Å². The number of ether oxygens (including phenoxy) is 2. The number of aliphatic hydroxyl groups excluding tert-OH is 1. The topological polar surface area (TPSA) is 84.9 Å². The van der Waals surface area contributed by atoms with Crippen LogP contribution in [0.15, 0.2) is 0 Å². The minimum Gasteiger partial charge on any atom is -0.461 e. The molecule has 0 aliphatic heterocycles. The van der Waals surface area contributed by atoms with Crippen LogP contribution in [0, 0.1) is 0 Å². The van der Waals surface area contributed by atoms with Gasteiger partial charge in [0.05, 0.1) is 12.2 Å². The van der Waals surface area contributed by atoms with Crippen molar-refractivity contribution in [1.82, 2.24) is 5.32 Å². The minimum atomic E-state index is -1.14. The number of esters is 1. The molecule has 0 aromatic heterocycles. The molecule has 0 heterocycles. The molecule has 1 amide bonds. The first-order chi connectivity index (χ1) is 8.56. The third kappa shape index (κ3) is 7.66. The standard InChI is InChI=1S/C13H25NO5/c1-7-8(2)18-11(16)10(9(3)15)14-12(17)19-13(4,5)6/h8-10,15H,7H2,1-6H3,(H,14,17)/t8?,9-,10+/m1/s1. The van der Waals surface area contributed by atoms with E-state index in [1.165, 1.54) is 6.92 Å². The first-order valence-electron chi connectivity index (χ1n) is 6.45. The van der Waals surface area contributed by atoms with Crippen LogP contribution in [-0.4, -0.2) is 41.0 Å². The Morgan fingerprint density at radius 1 is 1.26 bits per heavy atom. The molecule has 0 saturated carbocycles. The number of rotatable bonds is 5. The summed E-state index contributed by atoms with van der Waals surface area (Å²) in [5, 5.41) is 11.9. The SMILES string of the molecule is CCC(C)OC(=O)[C@@H](NC(=O)OC(C)(C)C)[C@@H](C)O. The fraction of sp³-hybridized carbons (Fsp3) is 0.846. The molecule has 3 atom stereocenters. The Morgan fingerprint density at radius 2 is 1.79 bits per heavy atom. The van der Waals surface area contributed by atoms with Gasteiger partial charge >= 0.3 is 12.1 Å². The maximum absolute atomic E-state index is 11.8. The van der Waals surface area contributed by atoms with Crippen molar-refractivity contribution in [2.45, 2.75) is 71.8 Å². The Morgan fingerprint density at radius 3 is 2.16 bits per heavy atom. The predicted molar refractivity (Wildman–Crippen MR) is 70.7 cm³/mol. The number of alkyl carbamates (subject to hydrolysis) is 1. The summed E-state index contributed by atoms with van der Waals surface area (Å²) >= 11 is 0. The summed E-state index contributed by atoms with van der Waals surface area (Å²) in [4.78, 5) is 23.4. The Labute approximate surface area is 114 Å². The van der Waals surface area contributed by atoms with E-state index in [9.17, 15) is 14.7 Å². The van der Waals surface area contributed by atoms with Crippen molar-refractivity contribution in [3.05, 3.63) is 0 Å². The monoisotopic (exact) mass is 275 g/mol. The van der Waals surface area contributed by atoms with Crippen molar-refractivity contribution in [2.24, 2.45) is 0 Å². The zero-order valence-electron chi connectivity index (χ0n) is 12.5. The summed E-state index contributed by atoms with van der Waals surface area (Å²) in [7, 11) is 0. The molecule has 1 unspecified atom stereocenters. The highest BCUT2D eigenvalue weighted by Crippen LogP contribution is 2.08. The molecule has 2 N–H and O–H groups in total. The van der Waals surface area contributed by atoms with E-state index in [2.05, 4.69) is 5.32 Å². The Bertz CT molecular complexity index is 309. The molecular formula is C13H25NO5.